The predicted octanol–water partition coefficient (Wildman–Crippen LogP) is 2.19. The molecule has 0 radical (unpaired) electrons. The van der Waals surface area contributed by atoms with Crippen molar-refractivity contribution in [2.75, 3.05) is 0 Å². The topological polar surface area (TPSA) is 47.7 Å². The molecule has 20 heavy (non-hydrogen) atoms. The number of hydrogen-bond donors (Lipinski definition) is 1. The van der Waals surface area contributed by atoms with Gasteiger partial charge in [-0.15, -0.1) is 0 Å². The fourth-order valence-corrected chi connectivity index (χ4v) is 2.60. The molecule has 6 heteroatoms. The van der Waals surface area contributed by atoms with E-state index in [0.29, 0.717) is 17.7 Å². The van der Waals surface area contributed by atoms with Gasteiger partial charge in [-0.1, -0.05) is 11.6 Å². The third-order valence-corrected chi connectivity index (χ3v) is 4.41. The lowest BCUT2D eigenvalue weighted by molar-refractivity contribution is 0.652. The first-order chi connectivity index (χ1) is 9.56. The van der Waals surface area contributed by atoms with Gasteiger partial charge in [0.2, 0.25) is 0 Å². The molecule has 3 rings (SSSR count). The summed E-state index contributed by atoms with van der Waals surface area (Å²) in [4.78, 5) is 0. The van der Waals surface area contributed by atoms with Gasteiger partial charge < -0.3 is 5.32 Å². The highest BCUT2D eigenvalue weighted by Gasteiger charge is 2.21. The summed E-state index contributed by atoms with van der Waals surface area (Å²) >= 11 is 6.28. The summed E-state index contributed by atoms with van der Waals surface area (Å²) in [5, 5.41) is 13.0. The number of aromatic nitrogens is 4. The standard InChI is InChI=1S/C14H20ClN5/c1-9-13(14(15)19(3)18-9)8-20-10(2)11(7-17-20)6-16-12-4-5-12/h7,12,16H,4-6,8H2,1-3H3. The van der Waals surface area contributed by atoms with Crippen molar-refractivity contribution in [2.45, 2.75) is 45.8 Å². The van der Waals surface area contributed by atoms with Gasteiger partial charge in [-0.3, -0.25) is 9.36 Å². The number of hydrogen-bond acceptors (Lipinski definition) is 3. The summed E-state index contributed by atoms with van der Waals surface area (Å²) in [7, 11) is 1.86. The first kappa shape index (κ1) is 13.6. The normalized spacial score (nSPS) is 15.0. The average molecular weight is 294 g/mol. The Hall–Kier alpha value is -1.33. The molecule has 0 saturated heterocycles. The van der Waals surface area contributed by atoms with Crippen LogP contribution in [0.2, 0.25) is 5.15 Å². The molecule has 0 aliphatic heterocycles. The molecule has 0 atom stereocenters. The Morgan fingerprint density at radius 2 is 2.15 bits per heavy atom. The molecule has 2 aromatic heterocycles. The van der Waals surface area contributed by atoms with Crippen LogP contribution in [0.5, 0.6) is 0 Å². The SMILES string of the molecule is Cc1nn(C)c(Cl)c1Cn1ncc(CNC2CC2)c1C. The van der Waals surface area contributed by atoms with Crippen LogP contribution in [-0.4, -0.2) is 25.6 Å². The molecule has 108 valence electrons. The quantitative estimate of drug-likeness (QED) is 0.919. The maximum absolute atomic E-state index is 6.28. The highest BCUT2D eigenvalue weighted by molar-refractivity contribution is 6.30. The van der Waals surface area contributed by atoms with Gasteiger partial charge in [0.1, 0.15) is 5.15 Å². The van der Waals surface area contributed by atoms with Crippen LogP contribution in [0.25, 0.3) is 0 Å². The fraction of sp³-hybridized carbons (Fsp3) is 0.571. The fourth-order valence-electron chi connectivity index (χ4n) is 2.36. The maximum atomic E-state index is 6.28. The molecular weight excluding hydrogens is 274 g/mol. The molecule has 1 saturated carbocycles. The highest BCUT2D eigenvalue weighted by Crippen LogP contribution is 2.22. The number of halogens is 1. The van der Waals surface area contributed by atoms with Crippen LogP contribution in [-0.2, 0) is 20.1 Å². The van der Waals surface area contributed by atoms with E-state index >= 15 is 0 Å². The Balaban J connectivity index is 1.76. The molecule has 1 N–H and O–H groups in total. The minimum Gasteiger partial charge on any atom is -0.310 e. The first-order valence-corrected chi connectivity index (χ1v) is 7.36. The average Bonchev–Trinajstić information content (AvgIpc) is 3.13. The van der Waals surface area contributed by atoms with Crippen molar-refractivity contribution in [3.8, 4) is 0 Å². The molecule has 0 amide bonds. The van der Waals surface area contributed by atoms with Gasteiger partial charge in [-0.05, 0) is 26.7 Å². The number of rotatable bonds is 5. The maximum Gasteiger partial charge on any atom is 0.132 e. The zero-order chi connectivity index (χ0) is 14.3. The van der Waals surface area contributed by atoms with E-state index < -0.39 is 0 Å². The van der Waals surface area contributed by atoms with E-state index in [-0.39, 0.29) is 0 Å². The summed E-state index contributed by atoms with van der Waals surface area (Å²) in [6.07, 6.45) is 4.56. The lowest BCUT2D eigenvalue weighted by Gasteiger charge is -2.06. The van der Waals surface area contributed by atoms with Gasteiger partial charge in [0.25, 0.3) is 0 Å². The van der Waals surface area contributed by atoms with Crippen LogP contribution >= 0.6 is 11.6 Å². The van der Waals surface area contributed by atoms with Gasteiger partial charge in [-0.25, -0.2) is 0 Å². The van der Waals surface area contributed by atoms with E-state index in [1.165, 1.54) is 24.1 Å². The van der Waals surface area contributed by atoms with Crippen LogP contribution in [0.4, 0.5) is 0 Å². The highest BCUT2D eigenvalue weighted by atomic mass is 35.5. The van der Waals surface area contributed by atoms with E-state index in [0.717, 1.165) is 17.8 Å². The van der Waals surface area contributed by atoms with Gasteiger partial charge in [0.15, 0.2) is 0 Å². The van der Waals surface area contributed by atoms with Crippen molar-refractivity contribution in [1.29, 1.82) is 0 Å². The Bertz CT molecular complexity index is 624. The smallest absolute Gasteiger partial charge is 0.132 e. The van der Waals surface area contributed by atoms with Crippen molar-refractivity contribution < 1.29 is 0 Å². The molecule has 1 aliphatic rings. The van der Waals surface area contributed by atoms with Crippen molar-refractivity contribution >= 4 is 11.6 Å². The summed E-state index contributed by atoms with van der Waals surface area (Å²) < 4.78 is 3.71. The second kappa shape index (κ2) is 5.22. The summed E-state index contributed by atoms with van der Waals surface area (Å²) in [6, 6.07) is 0.716. The molecule has 1 aliphatic carbocycles. The second-order valence-corrected chi connectivity index (χ2v) is 5.90. The minimum atomic E-state index is 0.674. The molecule has 5 nitrogen and oxygen atoms in total. The zero-order valence-electron chi connectivity index (χ0n) is 12.1. The van der Waals surface area contributed by atoms with Crippen LogP contribution in [0.1, 0.15) is 35.4 Å². The monoisotopic (exact) mass is 293 g/mol. The molecule has 0 aromatic carbocycles. The molecule has 2 heterocycles. The van der Waals surface area contributed by atoms with Crippen LogP contribution in [0.3, 0.4) is 0 Å². The van der Waals surface area contributed by atoms with Gasteiger partial charge in [-0.2, -0.15) is 10.2 Å². The molecule has 0 spiro atoms. The first-order valence-electron chi connectivity index (χ1n) is 6.99. The third-order valence-electron chi connectivity index (χ3n) is 3.94. The Labute approximate surface area is 123 Å². The van der Waals surface area contributed by atoms with E-state index in [1.807, 2.05) is 24.9 Å². The van der Waals surface area contributed by atoms with Gasteiger partial charge >= 0.3 is 0 Å². The van der Waals surface area contributed by atoms with E-state index in [2.05, 4.69) is 22.4 Å². The van der Waals surface area contributed by atoms with E-state index in [4.69, 9.17) is 11.6 Å². The largest absolute Gasteiger partial charge is 0.310 e. The number of nitrogens with one attached hydrogen (secondary N) is 1. The lowest BCUT2D eigenvalue weighted by atomic mass is 10.2. The second-order valence-electron chi connectivity index (χ2n) is 5.55. The molecular formula is C14H20ClN5. The summed E-state index contributed by atoms with van der Waals surface area (Å²) in [6.45, 7) is 5.66. The molecule has 0 unspecified atom stereocenters. The van der Waals surface area contributed by atoms with Crippen molar-refractivity contribution in [1.82, 2.24) is 24.9 Å². The Kier molecular flexibility index (Phi) is 3.56. The number of nitrogens with zero attached hydrogens (tertiary/aromatic N) is 4. The van der Waals surface area contributed by atoms with Crippen molar-refractivity contribution in [2.24, 2.45) is 7.05 Å². The zero-order valence-corrected chi connectivity index (χ0v) is 12.9. The van der Waals surface area contributed by atoms with Gasteiger partial charge in [0, 0.05) is 36.5 Å². The Morgan fingerprint density at radius 3 is 2.75 bits per heavy atom. The van der Waals surface area contributed by atoms with E-state index in [1.54, 1.807) is 4.68 Å². The predicted molar refractivity (Wildman–Crippen MR) is 78.9 cm³/mol. The third kappa shape index (κ3) is 2.60. The van der Waals surface area contributed by atoms with Crippen LogP contribution in [0, 0.1) is 13.8 Å². The molecule has 2 aromatic rings. The summed E-state index contributed by atoms with van der Waals surface area (Å²) in [5.41, 5.74) is 4.46. The van der Waals surface area contributed by atoms with Crippen LogP contribution in [0.15, 0.2) is 6.20 Å². The number of aryl methyl sites for hydroxylation is 2. The van der Waals surface area contributed by atoms with Crippen molar-refractivity contribution in [3.05, 3.63) is 33.9 Å². The lowest BCUT2D eigenvalue weighted by Crippen LogP contribution is -2.16. The van der Waals surface area contributed by atoms with Crippen LogP contribution < -0.4 is 5.32 Å². The van der Waals surface area contributed by atoms with Gasteiger partial charge in [0.05, 0.1) is 18.4 Å². The molecule has 1 fully saturated rings. The minimum absolute atomic E-state index is 0.674. The molecule has 0 bridgehead atoms. The van der Waals surface area contributed by atoms with E-state index in [9.17, 15) is 0 Å². The summed E-state index contributed by atoms with van der Waals surface area (Å²) in [5.74, 6) is 0. The Morgan fingerprint density at radius 1 is 1.40 bits per heavy atom. The van der Waals surface area contributed by atoms with Crippen molar-refractivity contribution in [3.63, 3.8) is 0 Å².